The molecule has 0 spiro atoms. The third kappa shape index (κ3) is 2.85. The van der Waals surface area contributed by atoms with Gasteiger partial charge in [0, 0.05) is 18.8 Å². The number of benzene rings is 1. The molecule has 0 fully saturated rings. The van der Waals surface area contributed by atoms with Gasteiger partial charge in [-0.2, -0.15) is 5.10 Å². The molecular weight excluding hydrogens is 256 g/mol. The molecule has 2 rings (SSSR count). The molecule has 1 N–H and O–H groups in total. The maximum Gasteiger partial charge on any atom is 0.295 e. The summed E-state index contributed by atoms with van der Waals surface area (Å²) in [5.41, 5.74) is 3.35. The molecule has 106 valence electrons. The van der Waals surface area contributed by atoms with Gasteiger partial charge in [0.25, 0.3) is 5.69 Å². The predicted octanol–water partition coefficient (Wildman–Crippen LogP) is 2.51. The smallest absolute Gasteiger partial charge is 0.295 e. The number of hydrogen-bond donors (Lipinski definition) is 1. The second kappa shape index (κ2) is 5.83. The van der Waals surface area contributed by atoms with Crippen LogP contribution in [0, 0.1) is 24.0 Å². The van der Waals surface area contributed by atoms with Crippen molar-refractivity contribution in [2.45, 2.75) is 27.3 Å². The molecule has 0 amide bonds. The van der Waals surface area contributed by atoms with E-state index >= 15 is 0 Å². The van der Waals surface area contributed by atoms with Gasteiger partial charge >= 0.3 is 0 Å². The Kier molecular flexibility index (Phi) is 4.14. The van der Waals surface area contributed by atoms with Gasteiger partial charge in [0.15, 0.2) is 0 Å². The van der Waals surface area contributed by atoms with E-state index in [4.69, 9.17) is 0 Å². The summed E-state index contributed by atoms with van der Waals surface area (Å²) in [6.07, 6.45) is 1.75. The quantitative estimate of drug-likeness (QED) is 0.671. The topological polar surface area (TPSA) is 73.0 Å². The average molecular weight is 274 g/mol. The number of nitro groups is 1. The summed E-state index contributed by atoms with van der Waals surface area (Å²) in [5, 5.41) is 18.7. The summed E-state index contributed by atoms with van der Waals surface area (Å²) in [6, 6.07) is 5.26. The van der Waals surface area contributed by atoms with Crippen LogP contribution in [0.1, 0.15) is 23.7 Å². The van der Waals surface area contributed by atoms with Gasteiger partial charge < -0.3 is 5.32 Å². The van der Waals surface area contributed by atoms with Gasteiger partial charge in [-0.3, -0.25) is 10.1 Å². The van der Waals surface area contributed by atoms with Gasteiger partial charge in [0.2, 0.25) is 0 Å². The van der Waals surface area contributed by atoms with Crippen molar-refractivity contribution < 1.29 is 4.92 Å². The first-order valence-corrected chi connectivity index (χ1v) is 6.54. The fourth-order valence-electron chi connectivity index (χ4n) is 1.96. The molecule has 6 heteroatoms. The van der Waals surface area contributed by atoms with Crippen molar-refractivity contribution in [2.24, 2.45) is 0 Å². The van der Waals surface area contributed by atoms with E-state index < -0.39 is 0 Å². The van der Waals surface area contributed by atoms with Crippen molar-refractivity contribution >= 4 is 5.69 Å². The molecule has 20 heavy (non-hydrogen) atoms. The van der Waals surface area contributed by atoms with E-state index in [2.05, 4.69) is 10.4 Å². The average Bonchev–Trinajstić information content (AvgIpc) is 2.87. The van der Waals surface area contributed by atoms with Crippen molar-refractivity contribution in [1.29, 1.82) is 0 Å². The third-order valence-corrected chi connectivity index (χ3v) is 3.23. The number of rotatable bonds is 5. The number of aromatic nitrogens is 2. The largest absolute Gasteiger partial charge is 0.311 e. The molecule has 0 aliphatic rings. The monoisotopic (exact) mass is 274 g/mol. The minimum atomic E-state index is -0.368. The fraction of sp³-hybridized carbons (Fsp3) is 0.357. The molecular formula is C14H18N4O2. The number of aryl methyl sites for hydroxylation is 2. The molecule has 0 atom stereocenters. The lowest BCUT2D eigenvalue weighted by molar-refractivity contribution is -0.384. The Morgan fingerprint density at radius 1 is 1.35 bits per heavy atom. The molecule has 6 nitrogen and oxygen atoms in total. The summed E-state index contributed by atoms with van der Waals surface area (Å²) in [4.78, 5) is 10.8. The molecule has 0 unspecified atom stereocenters. The first-order valence-electron chi connectivity index (χ1n) is 6.54. The molecule has 1 aromatic carbocycles. The summed E-state index contributed by atoms with van der Waals surface area (Å²) >= 11 is 0. The Labute approximate surface area is 117 Å². The molecule has 0 radical (unpaired) electrons. The molecule has 0 aliphatic heterocycles. The predicted molar refractivity (Wildman–Crippen MR) is 77.1 cm³/mol. The standard InChI is InChI=1S/C14H18N4O2/c1-4-15-9-12-5-6-17(16-12)13-7-10(2)11(3)8-14(13)18(19)20/h5-8,15H,4,9H2,1-3H3. The Balaban J connectivity index is 2.43. The Hall–Kier alpha value is -2.21. The van der Waals surface area contributed by atoms with E-state index in [-0.39, 0.29) is 10.6 Å². The fourth-order valence-corrected chi connectivity index (χ4v) is 1.96. The first kappa shape index (κ1) is 14.2. The lowest BCUT2D eigenvalue weighted by Gasteiger charge is -2.07. The van der Waals surface area contributed by atoms with Gasteiger partial charge in [0.1, 0.15) is 5.69 Å². The van der Waals surface area contributed by atoms with Crippen LogP contribution in [0.4, 0.5) is 5.69 Å². The van der Waals surface area contributed by atoms with Gasteiger partial charge in [-0.15, -0.1) is 0 Å². The van der Waals surface area contributed by atoms with E-state index in [1.54, 1.807) is 23.0 Å². The summed E-state index contributed by atoms with van der Waals surface area (Å²) in [6.45, 7) is 7.33. The zero-order valence-electron chi connectivity index (χ0n) is 11.9. The SMILES string of the molecule is CCNCc1ccn(-c2cc(C)c(C)cc2[N+](=O)[O-])n1. The number of nitro benzene ring substituents is 1. The molecule has 1 aromatic heterocycles. The third-order valence-electron chi connectivity index (χ3n) is 3.23. The van der Waals surface area contributed by atoms with Crippen LogP contribution in [0.3, 0.4) is 0 Å². The molecule has 0 aliphatic carbocycles. The minimum absolute atomic E-state index is 0.0752. The van der Waals surface area contributed by atoms with E-state index in [9.17, 15) is 10.1 Å². The molecule has 2 aromatic rings. The van der Waals surface area contributed by atoms with Crippen LogP contribution in [0.15, 0.2) is 24.4 Å². The second-order valence-electron chi connectivity index (χ2n) is 4.71. The highest BCUT2D eigenvalue weighted by molar-refractivity contribution is 5.56. The maximum absolute atomic E-state index is 11.2. The summed E-state index contributed by atoms with van der Waals surface area (Å²) < 4.78 is 1.57. The van der Waals surface area contributed by atoms with Crippen LogP contribution in [-0.2, 0) is 6.54 Å². The van der Waals surface area contributed by atoms with Crippen LogP contribution >= 0.6 is 0 Å². The number of nitrogens with zero attached hydrogens (tertiary/aromatic N) is 3. The minimum Gasteiger partial charge on any atom is -0.311 e. The summed E-state index contributed by atoms with van der Waals surface area (Å²) in [7, 11) is 0. The van der Waals surface area contributed by atoms with E-state index in [1.807, 2.05) is 26.8 Å². The van der Waals surface area contributed by atoms with Gasteiger partial charge in [-0.05, 0) is 43.7 Å². The Morgan fingerprint density at radius 2 is 2.05 bits per heavy atom. The lowest BCUT2D eigenvalue weighted by atomic mass is 10.1. The maximum atomic E-state index is 11.2. The van der Waals surface area contributed by atoms with Gasteiger partial charge in [-0.1, -0.05) is 6.92 Å². The highest BCUT2D eigenvalue weighted by Crippen LogP contribution is 2.26. The Morgan fingerprint density at radius 3 is 2.70 bits per heavy atom. The van der Waals surface area contributed by atoms with Gasteiger partial charge in [-0.25, -0.2) is 4.68 Å². The van der Waals surface area contributed by atoms with Crippen molar-refractivity contribution in [2.75, 3.05) is 6.54 Å². The van der Waals surface area contributed by atoms with Crippen LogP contribution < -0.4 is 5.32 Å². The normalized spacial score (nSPS) is 10.8. The van der Waals surface area contributed by atoms with Crippen LogP contribution in [0.2, 0.25) is 0 Å². The van der Waals surface area contributed by atoms with E-state index in [0.29, 0.717) is 12.2 Å². The van der Waals surface area contributed by atoms with Crippen molar-refractivity contribution in [1.82, 2.24) is 15.1 Å². The van der Waals surface area contributed by atoms with E-state index in [0.717, 1.165) is 23.4 Å². The molecule has 1 heterocycles. The van der Waals surface area contributed by atoms with Crippen molar-refractivity contribution in [3.05, 3.63) is 51.3 Å². The second-order valence-corrected chi connectivity index (χ2v) is 4.71. The molecule has 0 saturated carbocycles. The zero-order chi connectivity index (χ0) is 14.7. The first-order chi connectivity index (χ1) is 9.52. The number of hydrogen-bond acceptors (Lipinski definition) is 4. The van der Waals surface area contributed by atoms with Crippen LogP contribution in [-0.4, -0.2) is 21.2 Å². The van der Waals surface area contributed by atoms with Crippen LogP contribution in [0.5, 0.6) is 0 Å². The molecule has 0 bridgehead atoms. The summed E-state index contributed by atoms with van der Waals surface area (Å²) in [5.74, 6) is 0. The van der Waals surface area contributed by atoms with E-state index in [1.165, 1.54) is 0 Å². The zero-order valence-corrected chi connectivity index (χ0v) is 11.9. The van der Waals surface area contributed by atoms with Crippen molar-refractivity contribution in [3.8, 4) is 5.69 Å². The Bertz CT molecular complexity index is 634. The lowest BCUT2D eigenvalue weighted by Crippen LogP contribution is -2.12. The van der Waals surface area contributed by atoms with Gasteiger partial charge in [0.05, 0.1) is 10.6 Å². The van der Waals surface area contributed by atoms with Crippen molar-refractivity contribution in [3.63, 3.8) is 0 Å². The molecule has 0 saturated heterocycles. The number of nitrogens with one attached hydrogen (secondary N) is 1. The van der Waals surface area contributed by atoms with Crippen LogP contribution in [0.25, 0.3) is 5.69 Å². The highest BCUT2D eigenvalue weighted by atomic mass is 16.6. The highest BCUT2D eigenvalue weighted by Gasteiger charge is 2.17.